The molecule has 0 aromatic rings. The van der Waals surface area contributed by atoms with Gasteiger partial charge in [-0.15, -0.1) is 0 Å². The predicted molar refractivity (Wildman–Crippen MR) is 134 cm³/mol. The van der Waals surface area contributed by atoms with Gasteiger partial charge >= 0.3 is 0 Å². The molecule has 0 amide bonds. The first kappa shape index (κ1) is 32.0. The average Bonchev–Trinajstić information content (AvgIpc) is 2.61. The third-order valence-electron chi connectivity index (χ3n) is 7.74. The van der Waals surface area contributed by atoms with Gasteiger partial charge in [-0.25, -0.2) is 0 Å². The topological polar surface area (TPSA) is 217 Å². The molecule has 4 rings (SSSR count). The van der Waals surface area contributed by atoms with Crippen LogP contribution in [0.15, 0.2) is 0 Å². The fraction of sp³-hybridized carbons (Fsp3) is 1.00. The molecular weight excluding hydrogens is 592 g/mol. The van der Waals surface area contributed by atoms with Crippen molar-refractivity contribution in [1.29, 1.82) is 0 Å². The normalized spacial score (nSPS) is 33.6. The molecule has 16 nitrogen and oxygen atoms in total. The number of hydrogen-bond acceptors (Lipinski definition) is 8. The maximum absolute atomic E-state index is 11.4. The molecule has 0 radical (unpaired) electrons. The van der Waals surface area contributed by atoms with Crippen LogP contribution in [0, 0.1) is 0 Å². The van der Waals surface area contributed by atoms with Crippen molar-refractivity contribution < 1.29 is 69.8 Å². The monoisotopic (exact) mass is 632 g/mol. The Bertz CT molecular complexity index is 1080. The van der Waals surface area contributed by atoms with Gasteiger partial charge < -0.3 is 0 Å². The zero-order valence-electron chi connectivity index (χ0n) is 21.2. The molecule has 0 aromatic heterocycles. The molecule has 0 spiro atoms. The van der Waals surface area contributed by atoms with E-state index in [2.05, 4.69) is 0 Å². The SMILES string of the molecule is O=S(=O)(O)CCC[N+]12C[N+]3(CCCS(=O)(=O)O)C[N+](CCCS(=O)(=O)O)(C1)C[N+](CCCS(=O)(=O)O)(C2)C3. The van der Waals surface area contributed by atoms with Crippen molar-refractivity contribution in [2.45, 2.75) is 25.7 Å². The van der Waals surface area contributed by atoms with Crippen LogP contribution < -0.4 is 0 Å². The molecule has 4 fully saturated rings. The summed E-state index contributed by atoms with van der Waals surface area (Å²) in [5.41, 5.74) is 0. The Balaban J connectivity index is 1.96. The maximum atomic E-state index is 11.4. The highest BCUT2D eigenvalue weighted by molar-refractivity contribution is 7.86. The quantitative estimate of drug-likeness (QED) is 0.109. The summed E-state index contributed by atoms with van der Waals surface area (Å²) in [6.45, 7) is 4.69. The fourth-order valence-electron chi connectivity index (χ4n) is 7.53. The van der Waals surface area contributed by atoms with Gasteiger partial charge in [0.2, 0.25) is 40.0 Å². The van der Waals surface area contributed by atoms with Crippen LogP contribution in [0.3, 0.4) is 0 Å². The van der Waals surface area contributed by atoms with Crippen LogP contribution in [0.25, 0.3) is 0 Å². The Labute approximate surface area is 224 Å². The van der Waals surface area contributed by atoms with E-state index < -0.39 is 63.5 Å². The average molecular weight is 633 g/mol. The van der Waals surface area contributed by atoms with Gasteiger partial charge in [-0.1, -0.05) is 0 Å². The summed E-state index contributed by atoms with van der Waals surface area (Å²) >= 11 is 0. The highest BCUT2D eigenvalue weighted by atomic mass is 32.2. The third kappa shape index (κ3) is 9.26. The van der Waals surface area contributed by atoms with Crippen LogP contribution >= 0.6 is 0 Å². The van der Waals surface area contributed by atoms with E-state index in [-0.39, 0.29) is 25.7 Å². The van der Waals surface area contributed by atoms with E-state index in [1.54, 1.807) is 0 Å². The molecule has 0 atom stereocenters. The zero-order valence-corrected chi connectivity index (χ0v) is 24.5. The number of quaternary nitrogens is 4. The smallest absolute Gasteiger partial charge is 0.265 e. The largest absolute Gasteiger partial charge is 0.286 e. The molecule has 4 saturated heterocycles. The molecule has 20 heteroatoms. The molecule has 0 aromatic carbocycles. The van der Waals surface area contributed by atoms with Crippen molar-refractivity contribution in [3.63, 3.8) is 0 Å². The van der Waals surface area contributed by atoms with E-state index in [1.165, 1.54) is 0 Å². The first-order valence-corrected chi connectivity index (χ1v) is 18.7. The van der Waals surface area contributed by atoms with Crippen molar-refractivity contribution >= 4 is 40.5 Å². The van der Waals surface area contributed by atoms with Gasteiger partial charge in [0.1, 0.15) is 0 Å². The van der Waals surface area contributed by atoms with Gasteiger partial charge in [0.05, 0.1) is 49.2 Å². The summed E-state index contributed by atoms with van der Waals surface area (Å²) in [6, 6.07) is 0. The second-order valence-corrected chi connectivity index (χ2v) is 18.0. The summed E-state index contributed by atoms with van der Waals surface area (Å²) < 4.78 is 130. The Hall–Kier alpha value is -0.520. The van der Waals surface area contributed by atoms with Gasteiger partial charge in [-0.05, 0) is 0 Å². The molecular formula is C18H40N4O12S4+4. The Morgan fingerprint density at radius 1 is 0.368 bits per heavy atom. The fourth-order valence-corrected chi connectivity index (χ4v) is 9.51. The Kier molecular flexibility index (Phi) is 9.02. The van der Waals surface area contributed by atoms with E-state index in [0.717, 1.165) is 0 Å². The summed E-state index contributed by atoms with van der Waals surface area (Å²) in [6.07, 6.45) is 0.611. The predicted octanol–water partition coefficient (Wildman–Crippen LogP) is -1.85. The number of nitrogens with zero attached hydrogens (tertiary/aromatic N) is 4. The standard InChI is InChI=1S/C18H36N4O12S4/c23-35(24,25)9-1-5-19-13-20(6-2-10-36(26,27)28)16-21(14-19,7-3-11-37(29,30)31)18-22(15-19,17-20)8-4-12-38(32,33)34/h1-18H2/p+4. The van der Waals surface area contributed by atoms with Crippen LogP contribution in [0.4, 0.5) is 0 Å². The Morgan fingerprint density at radius 2 is 0.526 bits per heavy atom. The first-order chi connectivity index (χ1) is 17.1. The van der Waals surface area contributed by atoms with Crippen LogP contribution in [0.1, 0.15) is 25.7 Å². The van der Waals surface area contributed by atoms with Gasteiger partial charge in [0.25, 0.3) is 40.5 Å². The lowest BCUT2D eigenvalue weighted by molar-refractivity contribution is -1.43. The zero-order chi connectivity index (χ0) is 28.7. The maximum Gasteiger partial charge on any atom is 0.265 e. The lowest BCUT2D eigenvalue weighted by Crippen LogP contribution is -2.95. The Morgan fingerprint density at radius 3 is 0.658 bits per heavy atom. The second kappa shape index (κ2) is 10.7. The molecule has 224 valence electrons. The van der Waals surface area contributed by atoms with Gasteiger partial charge in [-0.3, -0.25) is 18.2 Å². The lowest BCUT2D eigenvalue weighted by atomic mass is 10.1. The summed E-state index contributed by atoms with van der Waals surface area (Å²) in [4.78, 5) is 0. The summed E-state index contributed by atoms with van der Waals surface area (Å²) in [7, 11) is -16.8. The highest BCUT2D eigenvalue weighted by Gasteiger charge is 2.72. The van der Waals surface area contributed by atoms with E-state index in [0.29, 0.717) is 84.1 Å². The molecule has 0 saturated carbocycles. The summed E-state index contributed by atoms with van der Waals surface area (Å²) in [5.74, 6) is -1.77. The van der Waals surface area contributed by atoms with Gasteiger partial charge in [0, 0.05) is 25.7 Å². The molecule has 4 N–H and O–H groups in total. The molecule has 4 aliphatic rings. The van der Waals surface area contributed by atoms with Crippen molar-refractivity contribution in [2.24, 2.45) is 0 Å². The minimum Gasteiger partial charge on any atom is -0.286 e. The number of rotatable bonds is 16. The van der Waals surface area contributed by atoms with E-state index >= 15 is 0 Å². The van der Waals surface area contributed by atoms with Gasteiger partial charge in [0.15, 0.2) is 0 Å². The minimum absolute atomic E-state index is 0.153. The van der Waals surface area contributed by atoms with E-state index in [9.17, 15) is 51.9 Å². The molecule has 0 unspecified atom stereocenters. The highest BCUT2D eigenvalue weighted by Crippen LogP contribution is 2.44. The molecule has 4 bridgehead atoms. The second-order valence-electron chi connectivity index (χ2n) is 11.7. The number of hydrogen-bond donors (Lipinski definition) is 4. The van der Waals surface area contributed by atoms with Crippen LogP contribution in [-0.4, -0.2) is 159 Å². The lowest BCUT2D eigenvalue weighted by Gasteiger charge is -2.68. The van der Waals surface area contributed by atoms with Crippen LogP contribution in [-0.2, 0) is 40.5 Å². The van der Waals surface area contributed by atoms with Crippen molar-refractivity contribution in [3.05, 3.63) is 0 Å². The van der Waals surface area contributed by atoms with Crippen molar-refractivity contribution in [3.8, 4) is 0 Å². The molecule has 38 heavy (non-hydrogen) atoms. The third-order valence-corrected chi connectivity index (χ3v) is 11.0. The van der Waals surface area contributed by atoms with E-state index in [4.69, 9.17) is 0 Å². The molecule has 4 heterocycles. The molecule has 4 aliphatic heterocycles. The summed E-state index contributed by atoms with van der Waals surface area (Å²) in [5, 5.41) is 0. The minimum atomic E-state index is -4.20. The van der Waals surface area contributed by atoms with E-state index in [1.807, 2.05) is 0 Å². The molecule has 0 aliphatic carbocycles. The van der Waals surface area contributed by atoms with Gasteiger partial charge in [-0.2, -0.15) is 51.6 Å². The van der Waals surface area contributed by atoms with Crippen molar-refractivity contribution in [1.82, 2.24) is 0 Å². The van der Waals surface area contributed by atoms with Crippen LogP contribution in [0.5, 0.6) is 0 Å². The van der Waals surface area contributed by atoms with Crippen molar-refractivity contribution in [2.75, 3.05) is 89.2 Å². The van der Waals surface area contributed by atoms with Crippen LogP contribution in [0.2, 0.25) is 0 Å². The first-order valence-electron chi connectivity index (χ1n) is 12.3.